The fraction of sp³-hybridized carbons (Fsp3) is 0.231. The molecule has 0 aromatic carbocycles. The number of nitrogen functional groups attached to an aromatic ring is 1. The van der Waals surface area contributed by atoms with E-state index in [0.29, 0.717) is 5.56 Å². The lowest BCUT2D eigenvalue weighted by Gasteiger charge is -2.14. The molecule has 0 bridgehead atoms. The van der Waals surface area contributed by atoms with Crippen LogP contribution in [0, 0.1) is 5.95 Å². The van der Waals surface area contributed by atoms with Gasteiger partial charge in [-0.05, 0) is 24.6 Å². The number of anilines is 1. The van der Waals surface area contributed by atoms with E-state index < -0.39 is 23.5 Å². The third-order valence-corrected chi connectivity index (χ3v) is 3.31. The van der Waals surface area contributed by atoms with Gasteiger partial charge in [0.05, 0.1) is 17.9 Å². The molecule has 0 radical (unpaired) electrons. The number of halogens is 2. The zero-order chi connectivity index (χ0) is 16.3. The molecular formula is C13H13ClFN5O2. The second-order valence-corrected chi connectivity index (χ2v) is 4.96. The molecule has 22 heavy (non-hydrogen) atoms. The number of carbonyl (C=O) groups is 1. The lowest BCUT2D eigenvalue weighted by atomic mass is 10.1. The minimum Gasteiger partial charge on any atom is -0.396 e. The number of aromatic nitrogens is 3. The van der Waals surface area contributed by atoms with E-state index in [1.54, 1.807) is 13.0 Å². The Kier molecular flexibility index (Phi) is 4.71. The molecule has 0 saturated carbocycles. The molecule has 0 aliphatic heterocycles. The summed E-state index contributed by atoms with van der Waals surface area (Å²) in [6.45, 7) is 1.36. The Balaban J connectivity index is 2.07. The van der Waals surface area contributed by atoms with Crippen molar-refractivity contribution in [2.24, 2.45) is 0 Å². The van der Waals surface area contributed by atoms with Gasteiger partial charge in [0.1, 0.15) is 11.6 Å². The van der Waals surface area contributed by atoms with Crippen LogP contribution in [0.25, 0.3) is 0 Å². The van der Waals surface area contributed by atoms with Gasteiger partial charge in [0, 0.05) is 6.20 Å². The molecule has 3 N–H and O–H groups in total. The number of nitrogens with two attached hydrogens (primary N) is 1. The zero-order valence-electron chi connectivity index (χ0n) is 11.6. The van der Waals surface area contributed by atoms with E-state index in [2.05, 4.69) is 15.4 Å². The minimum absolute atomic E-state index is 0.0453. The average molecular weight is 326 g/mol. The van der Waals surface area contributed by atoms with Gasteiger partial charge in [-0.25, -0.2) is 9.67 Å². The van der Waals surface area contributed by atoms with Crippen molar-refractivity contribution in [3.05, 3.63) is 51.4 Å². The lowest BCUT2D eigenvalue weighted by molar-refractivity contribution is -0.122. The number of hydrogen-bond acceptors (Lipinski definition) is 5. The highest BCUT2D eigenvalue weighted by Gasteiger charge is 2.13. The standard InChI is InChI=1S/C13H13ClFN5O2/c1-7(8-2-3-17-10(15)4-8)19-11(21)6-20-13(22)12(14)9(16)5-18-20/h2-5,7H,6,16H2,1H3,(H,19,21). The van der Waals surface area contributed by atoms with Gasteiger partial charge in [0.25, 0.3) is 5.56 Å². The Morgan fingerprint density at radius 1 is 1.59 bits per heavy atom. The van der Waals surface area contributed by atoms with E-state index in [-0.39, 0.29) is 17.3 Å². The smallest absolute Gasteiger partial charge is 0.288 e. The Bertz CT molecular complexity index is 764. The SMILES string of the molecule is CC(NC(=O)Cn1ncc(N)c(Cl)c1=O)c1ccnc(F)c1. The average Bonchev–Trinajstić information content (AvgIpc) is 2.48. The first-order valence-corrected chi connectivity index (χ1v) is 6.68. The van der Waals surface area contributed by atoms with Gasteiger partial charge in [0.2, 0.25) is 11.9 Å². The quantitative estimate of drug-likeness (QED) is 0.813. The first-order chi connectivity index (χ1) is 10.4. The minimum atomic E-state index is -0.653. The van der Waals surface area contributed by atoms with E-state index in [1.807, 2.05) is 0 Å². The molecule has 2 aromatic rings. The summed E-state index contributed by atoms with van der Waals surface area (Å²) < 4.78 is 13.9. The molecule has 2 aromatic heterocycles. The normalized spacial score (nSPS) is 12.0. The summed E-state index contributed by atoms with van der Waals surface area (Å²) in [5.74, 6) is -1.11. The molecule has 7 nitrogen and oxygen atoms in total. The molecule has 1 amide bonds. The maximum absolute atomic E-state index is 13.0. The maximum atomic E-state index is 13.0. The van der Waals surface area contributed by atoms with E-state index in [0.717, 1.165) is 4.68 Å². The van der Waals surface area contributed by atoms with E-state index in [1.165, 1.54) is 18.5 Å². The summed E-state index contributed by atoms with van der Waals surface area (Å²) in [6, 6.07) is 2.35. The fourth-order valence-corrected chi connectivity index (χ4v) is 1.93. The van der Waals surface area contributed by atoms with Crippen LogP contribution in [0.1, 0.15) is 18.5 Å². The second-order valence-electron chi connectivity index (χ2n) is 4.58. The van der Waals surface area contributed by atoms with Crippen LogP contribution in [0.15, 0.2) is 29.3 Å². The van der Waals surface area contributed by atoms with Crippen molar-refractivity contribution >= 4 is 23.2 Å². The molecule has 2 heterocycles. The molecule has 1 unspecified atom stereocenters. The van der Waals surface area contributed by atoms with Gasteiger partial charge in [0.15, 0.2) is 0 Å². The number of hydrogen-bond donors (Lipinski definition) is 2. The Labute approximate surface area is 129 Å². The van der Waals surface area contributed by atoms with Crippen LogP contribution in [0.2, 0.25) is 5.02 Å². The molecule has 0 aliphatic carbocycles. The van der Waals surface area contributed by atoms with Crippen LogP contribution in [-0.2, 0) is 11.3 Å². The van der Waals surface area contributed by atoms with Crippen molar-refractivity contribution in [3.63, 3.8) is 0 Å². The Morgan fingerprint density at radius 2 is 2.32 bits per heavy atom. The summed E-state index contributed by atoms with van der Waals surface area (Å²) in [5, 5.41) is 6.17. The first kappa shape index (κ1) is 15.9. The number of pyridine rings is 1. The highest BCUT2D eigenvalue weighted by molar-refractivity contribution is 6.32. The number of amides is 1. The van der Waals surface area contributed by atoms with E-state index >= 15 is 0 Å². The summed E-state index contributed by atoms with van der Waals surface area (Å²) in [4.78, 5) is 27.1. The van der Waals surface area contributed by atoms with Crippen LogP contribution in [0.3, 0.4) is 0 Å². The monoisotopic (exact) mass is 325 g/mol. The molecule has 9 heteroatoms. The molecule has 2 rings (SSSR count). The predicted octanol–water partition coefficient (Wildman–Crippen LogP) is 0.890. The third-order valence-electron chi connectivity index (χ3n) is 2.93. The Hall–Kier alpha value is -2.48. The number of nitrogens with zero attached hydrogens (tertiary/aromatic N) is 3. The van der Waals surface area contributed by atoms with Crippen molar-refractivity contribution in [1.29, 1.82) is 0 Å². The summed E-state index contributed by atoms with van der Waals surface area (Å²) >= 11 is 5.71. The largest absolute Gasteiger partial charge is 0.396 e. The molecule has 0 fully saturated rings. The van der Waals surface area contributed by atoms with Crippen molar-refractivity contribution in [1.82, 2.24) is 20.1 Å². The van der Waals surface area contributed by atoms with Crippen LogP contribution < -0.4 is 16.6 Å². The van der Waals surface area contributed by atoms with Crippen molar-refractivity contribution in [2.75, 3.05) is 5.73 Å². The van der Waals surface area contributed by atoms with Gasteiger partial charge in [-0.2, -0.15) is 9.49 Å². The summed E-state index contributed by atoms with van der Waals surface area (Å²) in [5.41, 5.74) is 5.39. The van der Waals surface area contributed by atoms with Gasteiger partial charge in [-0.3, -0.25) is 9.59 Å². The number of carbonyl (C=O) groups excluding carboxylic acids is 1. The van der Waals surface area contributed by atoms with Crippen LogP contribution >= 0.6 is 11.6 Å². The zero-order valence-corrected chi connectivity index (χ0v) is 12.3. The van der Waals surface area contributed by atoms with Gasteiger partial charge >= 0.3 is 0 Å². The molecule has 116 valence electrons. The third kappa shape index (κ3) is 3.59. The lowest BCUT2D eigenvalue weighted by Crippen LogP contribution is -2.35. The topological polar surface area (TPSA) is 103 Å². The van der Waals surface area contributed by atoms with Crippen LogP contribution in [-0.4, -0.2) is 20.7 Å². The fourth-order valence-electron chi connectivity index (χ4n) is 1.78. The molecule has 0 aliphatic rings. The van der Waals surface area contributed by atoms with Gasteiger partial charge in [-0.15, -0.1) is 0 Å². The molecule has 0 saturated heterocycles. The number of nitrogens with one attached hydrogen (secondary N) is 1. The second kappa shape index (κ2) is 6.52. The summed E-state index contributed by atoms with van der Waals surface area (Å²) in [7, 11) is 0. The predicted molar refractivity (Wildman–Crippen MR) is 78.7 cm³/mol. The van der Waals surface area contributed by atoms with Crippen molar-refractivity contribution < 1.29 is 9.18 Å². The van der Waals surface area contributed by atoms with Crippen molar-refractivity contribution in [3.8, 4) is 0 Å². The van der Waals surface area contributed by atoms with Crippen LogP contribution in [0.5, 0.6) is 0 Å². The molecular weight excluding hydrogens is 313 g/mol. The number of rotatable bonds is 4. The highest BCUT2D eigenvalue weighted by atomic mass is 35.5. The van der Waals surface area contributed by atoms with E-state index in [4.69, 9.17) is 17.3 Å². The van der Waals surface area contributed by atoms with E-state index in [9.17, 15) is 14.0 Å². The summed E-state index contributed by atoms with van der Waals surface area (Å²) in [6.07, 6.45) is 2.50. The van der Waals surface area contributed by atoms with Gasteiger partial charge < -0.3 is 11.1 Å². The van der Waals surface area contributed by atoms with Crippen LogP contribution in [0.4, 0.5) is 10.1 Å². The van der Waals surface area contributed by atoms with Gasteiger partial charge in [-0.1, -0.05) is 11.6 Å². The first-order valence-electron chi connectivity index (χ1n) is 6.30. The molecule has 1 atom stereocenters. The van der Waals surface area contributed by atoms with Crippen molar-refractivity contribution in [2.45, 2.75) is 19.5 Å². The molecule has 0 spiro atoms. The highest BCUT2D eigenvalue weighted by Crippen LogP contribution is 2.12. The Morgan fingerprint density at radius 3 is 3.00 bits per heavy atom. The maximum Gasteiger partial charge on any atom is 0.288 e.